The average Bonchev–Trinajstić information content (AvgIpc) is 2.33. The van der Waals surface area contributed by atoms with Gasteiger partial charge < -0.3 is 0 Å². The molecule has 0 aromatic rings. The summed E-state index contributed by atoms with van der Waals surface area (Å²) in [6.07, 6.45) is 1.02. The minimum atomic E-state index is 0.543. The molecule has 0 spiro atoms. The molecule has 0 radical (unpaired) electrons. The fourth-order valence-corrected chi connectivity index (χ4v) is 1.18. The van der Waals surface area contributed by atoms with Gasteiger partial charge in [-0.3, -0.25) is 9.98 Å². The van der Waals surface area contributed by atoms with Gasteiger partial charge in [-0.05, 0) is 12.3 Å². The maximum absolute atomic E-state index is 4.30. The van der Waals surface area contributed by atoms with Gasteiger partial charge in [0.25, 0.3) is 0 Å². The summed E-state index contributed by atoms with van der Waals surface area (Å²) in [5, 5.41) is 0. The Labute approximate surface area is 62.1 Å². The molecule has 0 N–H and O–H groups in total. The molecule has 0 aromatic heterocycles. The van der Waals surface area contributed by atoms with E-state index in [4.69, 9.17) is 0 Å². The lowest BCUT2D eigenvalue weighted by atomic mass is 10.0. The molecule has 1 aliphatic heterocycles. The maximum Gasteiger partial charge on any atom is 0.130 e. The van der Waals surface area contributed by atoms with E-state index in [0.717, 1.165) is 6.42 Å². The van der Waals surface area contributed by atoms with Crippen LogP contribution in [0.1, 0.15) is 27.2 Å². The van der Waals surface area contributed by atoms with Crippen molar-refractivity contribution in [1.82, 2.24) is 0 Å². The third kappa shape index (κ3) is 1.25. The Morgan fingerprint density at radius 3 is 2.50 bits per heavy atom. The predicted octanol–water partition coefficient (Wildman–Crippen LogP) is 1.91. The first-order chi connectivity index (χ1) is 4.75. The van der Waals surface area contributed by atoms with Crippen molar-refractivity contribution < 1.29 is 0 Å². The normalized spacial score (nSPS) is 17.6. The predicted molar refractivity (Wildman–Crippen MR) is 44.9 cm³/mol. The van der Waals surface area contributed by atoms with Gasteiger partial charge in [0.2, 0.25) is 0 Å². The zero-order chi connectivity index (χ0) is 7.56. The van der Waals surface area contributed by atoms with E-state index < -0.39 is 0 Å². The summed E-state index contributed by atoms with van der Waals surface area (Å²) in [7, 11) is 0. The Kier molecular flexibility index (Phi) is 2.20. The van der Waals surface area contributed by atoms with Crippen LogP contribution >= 0.6 is 0 Å². The number of aliphatic imine (C=N–C) groups is 2. The minimum Gasteiger partial charge on any atom is -0.265 e. The first kappa shape index (κ1) is 7.45. The van der Waals surface area contributed by atoms with Crippen molar-refractivity contribution in [3.8, 4) is 0 Å². The van der Waals surface area contributed by atoms with Crippen LogP contribution in [0.4, 0.5) is 0 Å². The highest BCUT2D eigenvalue weighted by Crippen LogP contribution is 2.07. The third-order valence-electron chi connectivity index (χ3n) is 1.68. The summed E-state index contributed by atoms with van der Waals surface area (Å²) < 4.78 is 0. The van der Waals surface area contributed by atoms with Crippen LogP contribution in [0, 0.1) is 5.92 Å². The van der Waals surface area contributed by atoms with E-state index in [9.17, 15) is 0 Å². The lowest BCUT2D eigenvalue weighted by molar-refractivity contribution is 0.889. The Bertz CT molecular complexity index is 178. The summed E-state index contributed by atoms with van der Waals surface area (Å²) in [4.78, 5) is 8.57. The molecule has 0 unspecified atom stereocenters. The molecule has 2 nitrogen and oxygen atoms in total. The van der Waals surface area contributed by atoms with Crippen LogP contribution in [0.2, 0.25) is 0 Å². The van der Waals surface area contributed by atoms with Crippen molar-refractivity contribution in [2.24, 2.45) is 15.9 Å². The standard InChI is InChI=1S/C8H14N2/c1-4-7-8(6(2)3)10-5-9-7/h6H,4-5H2,1-3H3. The van der Waals surface area contributed by atoms with Gasteiger partial charge >= 0.3 is 0 Å². The highest BCUT2D eigenvalue weighted by atomic mass is 15.0. The zero-order valence-corrected chi connectivity index (χ0v) is 6.89. The summed E-state index contributed by atoms with van der Waals surface area (Å²) in [5.41, 5.74) is 2.41. The highest BCUT2D eigenvalue weighted by molar-refractivity contribution is 6.43. The molecular formula is C8H14N2. The van der Waals surface area contributed by atoms with E-state index in [0.29, 0.717) is 12.6 Å². The van der Waals surface area contributed by atoms with Gasteiger partial charge in [0.1, 0.15) is 6.67 Å². The van der Waals surface area contributed by atoms with E-state index in [2.05, 4.69) is 30.8 Å². The Balaban J connectivity index is 2.69. The van der Waals surface area contributed by atoms with E-state index >= 15 is 0 Å². The van der Waals surface area contributed by atoms with Crippen molar-refractivity contribution in [3.05, 3.63) is 0 Å². The van der Waals surface area contributed by atoms with E-state index in [-0.39, 0.29) is 0 Å². The van der Waals surface area contributed by atoms with Crippen LogP contribution in [0.15, 0.2) is 9.98 Å². The van der Waals surface area contributed by atoms with Crippen LogP contribution in [-0.2, 0) is 0 Å². The molecule has 0 bridgehead atoms. The summed E-state index contributed by atoms with van der Waals surface area (Å²) in [6, 6.07) is 0. The number of rotatable bonds is 2. The monoisotopic (exact) mass is 138 g/mol. The van der Waals surface area contributed by atoms with E-state index in [1.54, 1.807) is 0 Å². The quantitative estimate of drug-likeness (QED) is 0.557. The van der Waals surface area contributed by atoms with Gasteiger partial charge in [0.05, 0.1) is 11.4 Å². The van der Waals surface area contributed by atoms with Crippen molar-refractivity contribution in [2.45, 2.75) is 27.2 Å². The van der Waals surface area contributed by atoms with Gasteiger partial charge in [-0.15, -0.1) is 0 Å². The number of hydrogen-bond acceptors (Lipinski definition) is 2. The lowest BCUT2D eigenvalue weighted by Gasteiger charge is -2.04. The van der Waals surface area contributed by atoms with Gasteiger partial charge in [-0.2, -0.15) is 0 Å². The number of hydrogen-bond donors (Lipinski definition) is 0. The van der Waals surface area contributed by atoms with Gasteiger partial charge in [0.15, 0.2) is 0 Å². The number of nitrogens with zero attached hydrogens (tertiary/aromatic N) is 2. The smallest absolute Gasteiger partial charge is 0.130 e. The lowest BCUT2D eigenvalue weighted by Crippen LogP contribution is -2.16. The van der Waals surface area contributed by atoms with Crippen molar-refractivity contribution >= 4 is 11.4 Å². The molecule has 0 atom stereocenters. The second-order valence-electron chi connectivity index (χ2n) is 2.80. The SMILES string of the molecule is CCC1=NCN=C1C(C)C. The largest absolute Gasteiger partial charge is 0.265 e. The van der Waals surface area contributed by atoms with Crippen molar-refractivity contribution in [1.29, 1.82) is 0 Å². The molecule has 0 fully saturated rings. The van der Waals surface area contributed by atoms with Crippen LogP contribution < -0.4 is 0 Å². The second-order valence-corrected chi connectivity index (χ2v) is 2.80. The second kappa shape index (κ2) is 2.95. The molecule has 1 aliphatic rings. The third-order valence-corrected chi connectivity index (χ3v) is 1.68. The molecule has 1 rings (SSSR count). The summed E-state index contributed by atoms with van der Waals surface area (Å²) in [5.74, 6) is 0.543. The fraction of sp³-hybridized carbons (Fsp3) is 0.750. The molecule has 10 heavy (non-hydrogen) atoms. The van der Waals surface area contributed by atoms with Gasteiger partial charge in [-0.25, -0.2) is 0 Å². The molecule has 0 aromatic carbocycles. The molecule has 0 saturated heterocycles. The minimum absolute atomic E-state index is 0.543. The molecule has 56 valence electrons. The molecular weight excluding hydrogens is 124 g/mol. The molecule has 0 amide bonds. The zero-order valence-electron chi connectivity index (χ0n) is 6.89. The van der Waals surface area contributed by atoms with Crippen LogP contribution in [-0.4, -0.2) is 18.1 Å². The van der Waals surface area contributed by atoms with Crippen LogP contribution in [0.25, 0.3) is 0 Å². The van der Waals surface area contributed by atoms with Crippen LogP contribution in [0.5, 0.6) is 0 Å². The Hall–Kier alpha value is -0.660. The first-order valence-corrected chi connectivity index (χ1v) is 3.83. The fourth-order valence-electron chi connectivity index (χ4n) is 1.18. The topological polar surface area (TPSA) is 24.7 Å². The molecule has 2 heteroatoms. The average molecular weight is 138 g/mol. The maximum atomic E-state index is 4.30. The van der Waals surface area contributed by atoms with E-state index in [1.807, 2.05) is 0 Å². The summed E-state index contributed by atoms with van der Waals surface area (Å²) in [6.45, 7) is 7.11. The van der Waals surface area contributed by atoms with Crippen molar-refractivity contribution in [2.75, 3.05) is 6.67 Å². The first-order valence-electron chi connectivity index (χ1n) is 3.83. The summed E-state index contributed by atoms with van der Waals surface area (Å²) >= 11 is 0. The molecule has 0 saturated carbocycles. The molecule has 1 heterocycles. The van der Waals surface area contributed by atoms with E-state index in [1.165, 1.54) is 11.4 Å². The Morgan fingerprint density at radius 2 is 2.10 bits per heavy atom. The van der Waals surface area contributed by atoms with Crippen LogP contribution in [0.3, 0.4) is 0 Å². The van der Waals surface area contributed by atoms with Gasteiger partial charge in [0, 0.05) is 0 Å². The van der Waals surface area contributed by atoms with Gasteiger partial charge in [-0.1, -0.05) is 20.8 Å². The van der Waals surface area contributed by atoms with Crippen molar-refractivity contribution in [3.63, 3.8) is 0 Å². The molecule has 0 aliphatic carbocycles. The Morgan fingerprint density at radius 1 is 1.40 bits per heavy atom. The highest BCUT2D eigenvalue weighted by Gasteiger charge is 2.14.